The molecule has 1 fully saturated rings. The highest BCUT2D eigenvalue weighted by atomic mass is 35.5. The maximum atomic E-state index is 6.28. The van der Waals surface area contributed by atoms with Crippen molar-refractivity contribution in [2.75, 3.05) is 26.7 Å². The van der Waals surface area contributed by atoms with Gasteiger partial charge in [-0.3, -0.25) is 4.90 Å². The lowest BCUT2D eigenvalue weighted by Crippen LogP contribution is -2.37. The van der Waals surface area contributed by atoms with Gasteiger partial charge in [0.15, 0.2) is 11.5 Å². The number of para-hydroxylation sites is 1. The van der Waals surface area contributed by atoms with E-state index in [0.717, 1.165) is 36.5 Å². The number of rotatable bonds is 9. The summed E-state index contributed by atoms with van der Waals surface area (Å²) >= 11 is 12.6. The molecule has 152 valence electrons. The molecule has 2 aromatic carbocycles. The lowest BCUT2D eigenvalue weighted by atomic mass is 10.1. The quantitative estimate of drug-likeness (QED) is 0.605. The summed E-state index contributed by atoms with van der Waals surface area (Å²) in [6.45, 7) is 6.52. The molecule has 0 aromatic heterocycles. The third-order valence-corrected chi connectivity index (χ3v) is 6.01. The van der Waals surface area contributed by atoms with Gasteiger partial charge in [-0.25, -0.2) is 0 Å². The van der Waals surface area contributed by atoms with E-state index in [9.17, 15) is 0 Å². The van der Waals surface area contributed by atoms with Crippen molar-refractivity contribution < 1.29 is 9.47 Å². The second kappa shape index (κ2) is 10.4. The number of likely N-dealkylation sites (tertiary alicyclic amines) is 1. The summed E-state index contributed by atoms with van der Waals surface area (Å²) in [5.74, 6) is 1.44. The van der Waals surface area contributed by atoms with Crippen LogP contribution in [0.25, 0.3) is 0 Å². The van der Waals surface area contributed by atoms with Gasteiger partial charge in [-0.15, -0.1) is 0 Å². The number of hydrogen-bond donors (Lipinski definition) is 1. The molecule has 3 rings (SSSR count). The number of halogens is 2. The molecule has 28 heavy (non-hydrogen) atoms. The summed E-state index contributed by atoms with van der Waals surface area (Å²) in [7, 11) is 1.65. The lowest BCUT2D eigenvalue weighted by Gasteiger charge is -2.23. The van der Waals surface area contributed by atoms with E-state index < -0.39 is 0 Å². The third-order valence-electron chi connectivity index (χ3n) is 5.30. The van der Waals surface area contributed by atoms with E-state index in [4.69, 9.17) is 32.7 Å². The van der Waals surface area contributed by atoms with Crippen LogP contribution in [-0.2, 0) is 13.2 Å². The van der Waals surface area contributed by atoms with Crippen LogP contribution in [0.2, 0.25) is 10.0 Å². The molecular formula is C22H28Cl2N2O2. The van der Waals surface area contributed by atoms with E-state index in [2.05, 4.69) is 23.2 Å². The van der Waals surface area contributed by atoms with Crippen molar-refractivity contribution in [3.8, 4) is 11.5 Å². The Balaban J connectivity index is 1.68. The Kier molecular flexibility index (Phi) is 7.86. The molecule has 0 radical (unpaired) electrons. The van der Waals surface area contributed by atoms with Gasteiger partial charge in [-0.2, -0.15) is 0 Å². The molecule has 0 spiro atoms. The van der Waals surface area contributed by atoms with Gasteiger partial charge < -0.3 is 14.8 Å². The van der Waals surface area contributed by atoms with Crippen LogP contribution in [0.4, 0.5) is 0 Å². The number of nitrogens with one attached hydrogen (secondary N) is 1. The lowest BCUT2D eigenvalue weighted by molar-refractivity contribution is 0.258. The Morgan fingerprint density at radius 1 is 1.14 bits per heavy atom. The standard InChI is InChI=1S/C22H28Cl2N2O2/c1-3-26-12-6-8-17(26)14-25-13-16-7-4-11-21(27-2)22(16)28-15-18-19(23)9-5-10-20(18)24/h4-5,7,9-11,17,25H,3,6,8,12-15H2,1-2H3/t17-/m0/s1. The molecule has 1 atom stereocenters. The molecule has 1 aliphatic rings. The Labute approximate surface area is 177 Å². The maximum Gasteiger partial charge on any atom is 0.166 e. The summed E-state index contributed by atoms with van der Waals surface area (Å²) in [6, 6.07) is 12.0. The first-order chi connectivity index (χ1) is 13.6. The highest BCUT2D eigenvalue weighted by Gasteiger charge is 2.22. The molecule has 0 bridgehead atoms. The van der Waals surface area contributed by atoms with E-state index >= 15 is 0 Å². The number of methoxy groups -OCH3 is 1. The molecule has 0 aliphatic carbocycles. The molecule has 1 saturated heterocycles. The number of benzene rings is 2. The van der Waals surface area contributed by atoms with Crippen LogP contribution in [0.5, 0.6) is 11.5 Å². The second-order valence-electron chi connectivity index (χ2n) is 6.99. The normalized spacial score (nSPS) is 17.1. The molecule has 1 heterocycles. The zero-order valence-corrected chi connectivity index (χ0v) is 18.0. The minimum absolute atomic E-state index is 0.290. The van der Waals surface area contributed by atoms with Gasteiger partial charge in [0.1, 0.15) is 6.61 Å². The largest absolute Gasteiger partial charge is 0.493 e. The van der Waals surface area contributed by atoms with Crippen LogP contribution < -0.4 is 14.8 Å². The first-order valence-electron chi connectivity index (χ1n) is 9.80. The van der Waals surface area contributed by atoms with Crippen LogP contribution >= 0.6 is 23.2 Å². The van der Waals surface area contributed by atoms with E-state index in [-0.39, 0.29) is 6.61 Å². The Morgan fingerprint density at radius 2 is 1.89 bits per heavy atom. The fraction of sp³-hybridized carbons (Fsp3) is 0.455. The van der Waals surface area contributed by atoms with Gasteiger partial charge in [0.05, 0.1) is 7.11 Å². The molecule has 6 heteroatoms. The molecular weight excluding hydrogens is 395 g/mol. The first kappa shape index (κ1) is 21.3. The molecule has 0 amide bonds. The summed E-state index contributed by atoms with van der Waals surface area (Å²) in [5, 5.41) is 4.79. The number of likely N-dealkylation sites (N-methyl/N-ethyl adjacent to an activating group) is 1. The molecule has 4 nitrogen and oxygen atoms in total. The van der Waals surface area contributed by atoms with Crippen LogP contribution in [0.15, 0.2) is 36.4 Å². The highest BCUT2D eigenvalue weighted by molar-refractivity contribution is 6.35. The topological polar surface area (TPSA) is 33.7 Å². The van der Waals surface area contributed by atoms with Crippen LogP contribution in [0, 0.1) is 0 Å². The van der Waals surface area contributed by atoms with E-state index in [1.807, 2.05) is 30.3 Å². The monoisotopic (exact) mass is 422 g/mol. The smallest absolute Gasteiger partial charge is 0.166 e. The molecule has 0 saturated carbocycles. The van der Waals surface area contributed by atoms with Crippen molar-refractivity contribution in [2.24, 2.45) is 0 Å². The van der Waals surface area contributed by atoms with Gasteiger partial charge >= 0.3 is 0 Å². The molecule has 1 N–H and O–H groups in total. The summed E-state index contributed by atoms with van der Waals surface area (Å²) < 4.78 is 11.6. The van der Waals surface area contributed by atoms with Crippen molar-refractivity contribution in [1.29, 1.82) is 0 Å². The minimum atomic E-state index is 0.290. The average Bonchev–Trinajstić information content (AvgIpc) is 3.15. The number of nitrogens with zero attached hydrogens (tertiary/aromatic N) is 1. The van der Waals surface area contributed by atoms with Crippen molar-refractivity contribution in [2.45, 2.75) is 39.0 Å². The van der Waals surface area contributed by atoms with Crippen LogP contribution in [0.1, 0.15) is 30.9 Å². The zero-order chi connectivity index (χ0) is 19.9. The predicted octanol–water partition coefficient (Wildman–Crippen LogP) is 5.15. The van der Waals surface area contributed by atoms with E-state index in [0.29, 0.717) is 21.8 Å². The zero-order valence-electron chi connectivity index (χ0n) is 16.5. The maximum absolute atomic E-state index is 6.28. The van der Waals surface area contributed by atoms with E-state index in [1.54, 1.807) is 7.11 Å². The Bertz CT molecular complexity index is 765. The predicted molar refractivity (Wildman–Crippen MR) is 116 cm³/mol. The summed E-state index contributed by atoms with van der Waals surface area (Å²) in [6.07, 6.45) is 2.54. The number of hydrogen-bond acceptors (Lipinski definition) is 4. The fourth-order valence-corrected chi connectivity index (χ4v) is 4.26. The average molecular weight is 423 g/mol. The van der Waals surface area contributed by atoms with Crippen LogP contribution in [0.3, 0.4) is 0 Å². The summed E-state index contributed by atoms with van der Waals surface area (Å²) in [4.78, 5) is 2.54. The first-order valence-corrected chi connectivity index (χ1v) is 10.6. The number of ether oxygens (including phenoxy) is 2. The van der Waals surface area contributed by atoms with Crippen molar-refractivity contribution >= 4 is 23.2 Å². The van der Waals surface area contributed by atoms with Crippen molar-refractivity contribution in [3.05, 3.63) is 57.6 Å². The van der Waals surface area contributed by atoms with Gasteiger partial charge in [-0.05, 0) is 44.1 Å². The summed E-state index contributed by atoms with van der Waals surface area (Å²) in [5.41, 5.74) is 1.84. The fourth-order valence-electron chi connectivity index (χ4n) is 3.76. The Hall–Kier alpha value is -1.46. The van der Waals surface area contributed by atoms with Gasteiger partial charge in [0.25, 0.3) is 0 Å². The highest BCUT2D eigenvalue weighted by Crippen LogP contribution is 2.33. The van der Waals surface area contributed by atoms with Crippen LogP contribution in [-0.4, -0.2) is 37.7 Å². The molecule has 2 aromatic rings. The SMILES string of the molecule is CCN1CCC[C@H]1CNCc1cccc(OC)c1OCc1c(Cl)cccc1Cl. The van der Waals surface area contributed by atoms with Crippen molar-refractivity contribution in [1.82, 2.24) is 10.2 Å². The van der Waals surface area contributed by atoms with Gasteiger partial charge in [0, 0.05) is 40.3 Å². The van der Waals surface area contributed by atoms with Crippen molar-refractivity contribution in [3.63, 3.8) is 0 Å². The Morgan fingerprint density at radius 3 is 2.61 bits per heavy atom. The molecule has 1 aliphatic heterocycles. The van der Waals surface area contributed by atoms with E-state index in [1.165, 1.54) is 19.4 Å². The van der Waals surface area contributed by atoms with Gasteiger partial charge in [-0.1, -0.05) is 48.3 Å². The molecule has 0 unspecified atom stereocenters. The van der Waals surface area contributed by atoms with Gasteiger partial charge in [0.2, 0.25) is 0 Å². The second-order valence-corrected chi connectivity index (χ2v) is 7.81. The third kappa shape index (κ3) is 5.12. The minimum Gasteiger partial charge on any atom is -0.493 e.